The first kappa shape index (κ1) is 17.1. The molecule has 1 fully saturated rings. The molecular formula is C12H16Cl3N3O2S. The maximum atomic E-state index is 12.1. The van der Waals surface area contributed by atoms with Crippen LogP contribution in [0.1, 0.15) is 37.9 Å². The smallest absolute Gasteiger partial charge is 0.293 e. The van der Waals surface area contributed by atoms with Gasteiger partial charge < -0.3 is 9.64 Å². The molecule has 0 radical (unpaired) electrons. The first-order valence-electron chi connectivity index (χ1n) is 6.67. The third-order valence-corrected chi connectivity index (χ3v) is 4.63. The largest absolute Gasteiger partial charge is 0.459 e. The molecule has 5 nitrogen and oxygen atoms in total. The van der Waals surface area contributed by atoms with Crippen molar-refractivity contribution in [1.29, 1.82) is 0 Å². The van der Waals surface area contributed by atoms with Crippen molar-refractivity contribution in [3.05, 3.63) is 5.82 Å². The van der Waals surface area contributed by atoms with Crippen LogP contribution in [0.4, 0.5) is 0 Å². The lowest BCUT2D eigenvalue weighted by Gasteiger charge is -2.31. The summed E-state index contributed by atoms with van der Waals surface area (Å²) in [6.07, 6.45) is 5.70. The summed E-state index contributed by atoms with van der Waals surface area (Å²) >= 11 is 18.0. The van der Waals surface area contributed by atoms with E-state index < -0.39 is 3.79 Å². The Morgan fingerprint density at radius 1 is 1.38 bits per heavy atom. The number of nitrogens with zero attached hydrogens (tertiary/aromatic N) is 3. The first-order valence-corrected chi connectivity index (χ1v) is 8.58. The molecule has 0 bridgehead atoms. The van der Waals surface area contributed by atoms with Crippen LogP contribution in [0.15, 0.2) is 0 Å². The van der Waals surface area contributed by atoms with Crippen molar-refractivity contribution >= 4 is 52.2 Å². The summed E-state index contributed by atoms with van der Waals surface area (Å²) in [6.45, 7) is -0.0819. The summed E-state index contributed by atoms with van der Waals surface area (Å²) in [5, 5.41) is 0.224. The average Bonchev–Trinajstić information content (AvgIpc) is 2.94. The van der Waals surface area contributed by atoms with Gasteiger partial charge >= 0.3 is 0 Å². The maximum Gasteiger partial charge on any atom is 0.293 e. The molecule has 0 saturated heterocycles. The van der Waals surface area contributed by atoms with E-state index in [9.17, 15) is 4.79 Å². The van der Waals surface area contributed by atoms with Gasteiger partial charge in [-0.25, -0.2) is 0 Å². The Morgan fingerprint density at radius 3 is 2.62 bits per heavy atom. The van der Waals surface area contributed by atoms with Crippen molar-refractivity contribution in [2.75, 3.05) is 13.7 Å². The summed E-state index contributed by atoms with van der Waals surface area (Å²) in [7, 11) is 1.81. The second-order valence-electron chi connectivity index (χ2n) is 4.97. The zero-order valence-electron chi connectivity index (χ0n) is 11.5. The zero-order chi connectivity index (χ0) is 15.5. The maximum absolute atomic E-state index is 12.1. The molecule has 0 atom stereocenters. The quantitative estimate of drug-likeness (QED) is 0.759. The number of ether oxygens (including phenoxy) is 1. The predicted octanol–water partition coefficient (Wildman–Crippen LogP) is 3.53. The van der Waals surface area contributed by atoms with Crippen molar-refractivity contribution in [2.24, 2.45) is 0 Å². The second kappa shape index (κ2) is 7.31. The van der Waals surface area contributed by atoms with E-state index >= 15 is 0 Å². The molecule has 9 heteroatoms. The van der Waals surface area contributed by atoms with Crippen molar-refractivity contribution in [3.63, 3.8) is 0 Å². The number of hydrogen-bond acceptors (Lipinski definition) is 5. The summed E-state index contributed by atoms with van der Waals surface area (Å²) in [5.41, 5.74) is 0. The molecule has 1 aliphatic carbocycles. The number of carbonyl (C=O) groups excluding carboxylic acids is 1. The van der Waals surface area contributed by atoms with Crippen LogP contribution in [0.3, 0.4) is 0 Å². The van der Waals surface area contributed by atoms with Crippen molar-refractivity contribution in [2.45, 2.75) is 41.9 Å². The van der Waals surface area contributed by atoms with Crippen LogP contribution in [-0.2, 0) is 8.59 Å². The SMILES string of the molecule is CN(C(=O)COc1nc(C(Cl)(Cl)Cl)ns1)C1CCCCC1. The molecule has 0 spiro atoms. The van der Waals surface area contributed by atoms with Crippen LogP contribution in [0, 0.1) is 0 Å². The Hall–Kier alpha value is -0.300. The minimum Gasteiger partial charge on any atom is -0.459 e. The van der Waals surface area contributed by atoms with Crippen LogP contribution in [-0.4, -0.2) is 39.9 Å². The standard InChI is InChI=1S/C12H16Cl3N3O2S/c1-18(8-5-3-2-4-6-8)9(19)7-20-11-16-10(17-21-11)12(13,14)15/h8H,2-7H2,1H3. The number of carbonyl (C=O) groups is 1. The monoisotopic (exact) mass is 371 g/mol. The van der Waals surface area contributed by atoms with Gasteiger partial charge in [-0.05, 0) is 12.8 Å². The van der Waals surface area contributed by atoms with Gasteiger partial charge in [0.1, 0.15) is 0 Å². The Kier molecular flexibility index (Phi) is 5.94. The molecular weight excluding hydrogens is 357 g/mol. The van der Waals surface area contributed by atoms with Gasteiger partial charge in [-0.1, -0.05) is 54.1 Å². The van der Waals surface area contributed by atoms with Gasteiger partial charge in [-0.2, -0.15) is 9.36 Å². The van der Waals surface area contributed by atoms with E-state index in [-0.39, 0.29) is 23.5 Å². The lowest BCUT2D eigenvalue weighted by atomic mass is 9.94. The molecule has 2 rings (SSSR count). The molecule has 1 aliphatic rings. The van der Waals surface area contributed by atoms with Gasteiger partial charge in [0, 0.05) is 24.6 Å². The number of halogens is 3. The van der Waals surface area contributed by atoms with E-state index in [4.69, 9.17) is 39.5 Å². The van der Waals surface area contributed by atoms with Gasteiger partial charge in [-0.15, -0.1) is 0 Å². The van der Waals surface area contributed by atoms with Crippen LogP contribution < -0.4 is 4.74 Å². The lowest BCUT2D eigenvalue weighted by molar-refractivity contribution is -0.134. The van der Waals surface area contributed by atoms with Crippen LogP contribution >= 0.6 is 46.3 Å². The summed E-state index contributed by atoms with van der Waals surface area (Å²) in [4.78, 5) is 17.8. The van der Waals surface area contributed by atoms with Crippen LogP contribution in [0.25, 0.3) is 0 Å². The first-order chi connectivity index (χ1) is 9.88. The van der Waals surface area contributed by atoms with Gasteiger partial charge in [0.05, 0.1) is 0 Å². The molecule has 1 heterocycles. The number of hydrogen-bond donors (Lipinski definition) is 0. The van der Waals surface area contributed by atoms with E-state index in [1.165, 1.54) is 19.3 Å². The molecule has 0 aromatic carbocycles. The molecule has 118 valence electrons. The lowest BCUT2D eigenvalue weighted by Crippen LogP contribution is -2.40. The highest BCUT2D eigenvalue weighted by Gasteiger charge is 2.29. The van der Waals surface area contributed by atoms with Crippen LogP contribution in [0.5, 0.6) is 5.19 Å². The molecule has 0 unspecified atom stereocenters. The Labute approximate surface area is 142 Å². The van der Waals surface area contributed by atoms with Crippen molar-refractivity contribution in [1.82, 2.24) is 14.3 Å². The van der Waals surface area contributed by atoms with Gasteiger partial charge in [0.2, 0.25) is 0 Å². The van der Waals surface area contributed by atoms with Crippen LogP contribution in [0.2, 0.25) is 0 Å². The van der Waals surface area contributed by atoms with Gasteiger partial charge in [0.15, 0.2) is 12.4 Å². The molecule has 0 aliphatic heterocycles. The molecule has 0 N–H and O–H groups in total. The van der Waals surface area contributed by atoms with Gasteiger partial charge in [0.25, 0.3) is 14.9 Å². The number of alkyl halides is 3. The summed E-state index contributed by atoms with van der Waals surface area (Å²) in [6, 6.07) is 0.306. The summed E-state index contributed by atoms with van der Waals surface area (Å²) in [5.74, 6) is -0.0203. The third kappa shape index (κ3) is 4.84. The van der Waals surface area contributed by atoms with Crippen molar-refractivity contribution in [3.8, 4) is 5.19 Å². The summed E-state index contributed by atoms with van der Waals surface area (Å²) < 4.78 is 7.54. The van der Waals surface area contributed by atoms with E-state index in [0.717, 1.165) is 24.4 Å². The fourth-order valence-corrected chi connectivity index (χ4v) is 3.27. The van der Waals surface area contributed by atoms with Crippen molar-refractivity contribution < 1.29 is 9.53 Å². The molecule has 1 saturated carbocycles. The zero-order valence-corrected chi connectivity index (χ0v) is 14.6. The Balaban J connectivity index is 1.84. The fourth-order valence-electron chi connectivity index (χ4n) is 2.28. The topological polar surface area (TPSA) is 55.3 Å². The van der Waals surface area contributed by atoms with Gasteiger partial charge in [-0.3, -0.25) is 4.79 Å². The highest BCUT2D eigenvalue weighted by molar-refractivity contribution is 7.07. The number of likely N-dealkylation sites (N-methyl/N-ethyl adjacent to an activating group) is 1. The van der Waals surface area contributed by atoms with E-state index in [0.29, 0.717) is 6.04 Å². The highest BCUT2D eigenvalue weighted by atomic mass is 35.6. The normalized spacial score (nSPS) is 16.8. The Bertz CT molecular complexity index is 486. The number of amides is 1. The van der Waals surface area contributed by atoms with E-state index in [1.54, 1.807) is 4.90 Å². The molecule has 1 aromatic rings. The molecule has 21 heavy (non-hydrogen) atoms. The minimum atomic E-state index is -1.68. The minimum absolute atomic E-state index is 0.0561. The number of rotatable bonds is 4. The fraction of sp³-hybridized carbons (Fsp3) is 0.750. The number of aromatic nitrogens is 2. The Morgan fingerprint density at radius 2 is 2.05 bits per heavy atom. The third-order valence-electron chi connectivity index (χ3n) is 3.50. The van der Waals surface area contributed by atoms with E-state index in [2.05, 4.69) is 9.36 Å². The molecule has 1 amide bonds. The molecule has 1 aromatic heterocycles. The predicted molar refractivity (Wildman–Crippen MR) is 84.3 cm³/mol. The van der Waals surface area contributed by atoms with E-state index in [1.807, 2.05) is 7.05 Å². The second-order valence-corrected chi connectivity index (χ2v) is 7.96. The highest BCUT2D eigenvalue weighted by Crippen LogP contribution is 2.37. The average molecular weight is 373 g/mol.